The Bertz CT molecular complexity index is 1020. The molecule has 1 atom stereocenters. The highest BCUT2D eigenvalue weighted by Gasteiger charge is 2.23. The van der Waals surface area contributed by atoms with Crippen LogP contribution < -0.4 is 5.56 Å². The fraction of sp³-hybridized carbons (Fsp3) is 0.200. The average molecular weight is 352 g/mol. The number of aryl methyl sites for hydroxylation is 1. The fourth-order valence-electron chi connectivity index (χ4n) is 3.35. The molecule has 1 aliphatic heterocycles. The number of H-pyrrole nitrogens is 1. The standard InChI is InChI=1S/C20H18ClN3O/c1-13-9-16-10-15(5-6-18(16)23-20(13)25)19(24-8-7-22-12-24)14-3-2-4-17(21)11-14/h2-6,9-12,19H,7-8H2,1H3,(H,23,25). The molecule has 0 bridgehead atoms. The van der Waals surface area contributed by atoms with E-state index >= 15 is 0 Å². The normalized spacial score (nSPS) is 15.0. The van der Waals surface area contributed by atoms with E-state index < -0.39 is 0 Å². The summed E-state index contributed by atoms with van der Waals surface area (Å²) in [7, 11) is 0. The molecule has 3 aromatic rings. The molecule has 2 aromatic carbocycles. The van der Waals surface area contributed by atoms with Crippen molar-refractivity contribution >= 4 is 28.8 Å². The van der Waals surface area contributed by atoms with Gasteiger partial charge in [-0.3, -0.25) is 9.79 Å². The Morgan fingerprint density at radius 2 is 2.00 bits per heavy atom. The Morgan fingerprint density at radius 1 is 1.16 bits per heavy atom. The van der Waals surface area contributed by atoms with E-state index in [2.05, 4.69) is 33.1 Å². The number of nitrogens with one attached hydrogen (secondary N) is 1. The van der Waals surface area contributed by atoms with Crippen LogP contribution in [0.15, 0.2) is 58.3 Å². The zero-order valence-corrected chi connectivity index (χ0v) is 14.6. The van der Waals surface area contributed by atoms with Crippen LogP contribution in [-0.2, 0) is 0 Å². The van der Waals surface area contributed by atoms with Gasteiger partial charge in [-0.1, -0.05) is 29.8 Å². The second-order valence-corrected chi connectivity index (χ2v) is 6.78. The first kappa shape index (κ1) is 15.9. The summed E-state index contributed by atoms with van der Waals surface area (Å²) in [6, 6.07) is 16.1. The molecule has 0 saturated heterocycles. The van der Waals surface area contributed by atoms with Gasteiger partial charge in [0.15, 0.2) is 0 Å². The van der Waals surface area contributed by atoms with Crippen molar-refractivity contribution in [3.8, 4) is 0 Å². The summed E-state index contributed by atoms with van der Waals surface area (Å²) in [4.78, 5) is 21.3. The summed E-state index contributed by atoms with van der Waals surface area (Å²) in [5.74, 6) is 0. The number of aromatic amines is 1. The van der Waals surface area contributed by atoms with Gasteiger partial charge < -0.3 is 9.88 Å². The molecule has 4 nitrogen and oxygen atoms in total. The molecule has 5 heteroatoms. The molecule has 0 saturated carbocycles. The van der Waals surface area contributed by atoms with Crippen LogP contribution in [0.25, 0.3) is 10.9 Å². The van der Waals surface area contributed by atoms with Gasteiger partial charge in [-0.2, -0.15) is 0 Å². The van der Waals surface area contributed by atoms with E-state index in [0.29, 0.717) is 5.56 Å². The number of hydrogen-bond donors (Lipinski definition) is 1. The highest BCUT2D eigenvalue weighted by molar-refractivity contribution is 6.30. The second-order valence-electron chi connectivity index (χ2n) is 6.35. The Balaban J connectivity index is 1.86. The molecule has 0 amide bonds. The van der Waals surface area contributed by atoms with Gasteiger partial charge in [-0.25, -0.2) is 0 Å². The quantitative estimate of drug-likeness (QED) is 0.777. The van der Waals surface area contributed by atoms with Crippen LogP contribution in [0.1, 0.15) is 22.7 Å². The molecular formula is C20H18ClN3O. The summed E-state index contributed by atoms with van der Waals surface area (Å²) in [5, 5.41) is 1.75. The Kier molecular flexibility index (Phi) is 4.06. The van der Waals surface area contributed by atoms with Crippen LogP contribution in [0.4, 0.5) is 0 Å². The van der Waals surface area contributed by atoms with E-state index in [-0.39, 0.29) is 11.6 Å². The predicted molar refractivity (Wildman–Crippen MR) is 103 cm³/mol. The number of benzene rings is 2. The topological polar surface area (TPSA) is 48.5 Å². The highest BCUT2D eigenvalue weighted by atomic mass is 35.5. The summed E-state index contributed by atoms with van der Waals surface area (Å²) in [6.07, 6.45) is 1.91. The Morgan fingerprint density at radius 3 is 2.76 bits per heavy atom. The van der Waals surface area contributed by atoms with E-state index in [1.807, 2.05) is 43.6 Å². The first-order chi connectivity index (χ1) is 12.1. The van der Waals surface area contributed by atoms with Crippen molar-refractivity contribution in [3.63, 3.8) is 0 Å². The minimum absolute atomic E-state index is 0.0431. The molecule has 1 N–H and O–H groups in total. The summed E-state index contributed by atoms with van der Waals surface area (Å²) < 4.78 is 0. The van der Waals surface area contributed by atoms with Gasteiger partial charge in [-0.05, 0) is 53.8 Å². The van der Waals surface area contributed by atoms with Crippen LogP contribution in [0.5, 0.6) is 0 Å². The number of rotatable bonds is 3. The maximum absolute atomic E-state index is 11.8. The van der Waals surface area contributed by atoms with E-state index in [1.54, 1.807) is 0 Å². The molecule has 126 valence electrons. The Labute approximate surface area is 150 Å². The third-order valence-corrected chi connectivity index (χ3v) is 4.82. The van der Waals surface area contributed by atoms with Crippen molar-refractivity contribution in [3.05, 3.63) is 80.6 Å². The SMILES string of the molecule is Cc1cc2cc(C(c3cccc(Cl)c3)N3C=NCC3)ccc2[nH]c1=O. The number of halogens is 1. The molecule has 25 heavy (non-hydrogen) atoms. The highest BCUT2D eigenvalue weighted by Crippen LogP contribution is 2.31. The number of nitrogens with zero attached hydrogens (tertiary/aromatic N) is 2. The molecule has 0 spiro atoms. The molecule has 1 aromatic heterocycles. The minimum atomic E-state index is -0.0432. The number of aliphatic imine (C=N–C) groups is 1. The number of fused-ring (bicyclic) bond motifs is 1. The lowest BCUT2D eigenvalue weighted by Gasteiger charge is -2.28. The predicted octanol–water partition coefficient (Wildman–Crippen LogP) is 3.92. The minimum Gasteiger partial charge on any atom is -0.350 e. The zero-order chi connectivity index (χ0) is 17.4. The summed E-state index contributed by atoms with van der Waals surface area (Å²) in [6.45, 7) is 3.50. The van der Waals surface area contributed by atoms with Gasteiger partial charge in [0.05, 0.1) is 18.9 Å². The molecule has 4 rings (SSSR count). The molecule has 1 aliphatic rings. The van der Waals surface area contributed by atoms with Gasteiger partial charge in [0, 0.05) is 22.6 Å². The van der Waals surface area contributed by atoms with E-state index in [9.17, 15) is 4.79 Å². The number of aromatic nitrogens is 1. The smallest absolute Gasteiger partial charge is 0.251 e. The maximum Gasteiger partial charge on any atom is 0.251 e. The van der Waals surface area contributed by atoms with Crippen molar-refractivity contribution in [2.24, 2.45) is 4.99 Å². The van der Waals surface area contributed by atoms with Crippen molar-refractivity contribution in [2.75, 3.05) is 13.1 Å². The summed E-state index contributed by atoms with van der Waals surface area (Å²) in [5.41, 5.74) is 3.79. The van der Waals surface area contributed by atoms with Gasteiger partial charge in [0.25, 0.3) is 5.56 Å². The van der Waals surface area contributed by atoms with Crippen molar-refractivity contribution in [2.45, 2.75) is 13.0 Å². The van der Waals surface area contributed by atoms with Crippen LogP contribution in [0.3, 0.4) is 0 Å². The molecule has 2 heterocycles. The third kappa shape index (κ3) is 3.05. The van der Waals surface area contributed by atoms with Gasteiger partial charge in [-0.15, -0.1) is 0 Å². The lowest BCUT2D eigenvalue weighted by Crippen LogP contribution is -2.26. The molecular weight excluding hydrogens is 334 g/mol. The van der Waals surface area contributed by atoms with Gasteiger partial charge in [0.1, 0.15) is 0 Å². The zero-order valence-electron chi connectivity index (χ0n) is 13.9. The average Bonchev–Trinajstić information content (AvgIpc) is 3.10. The van der Waals surface area contributed by atoms with Crippen molar-refractivity contribution in [1.82, 2.24) is 9.88 Å². The van der Waals surface area contributed by atoms with Crippen LogP contribution in [0, 0.1) is 6.92 Å². The number of pyridine rings is 1. The molecule has 1 unspecified atom stereocenters. The third-order valence-electron chi connectivity index (χ3n) is 4.58. The van der Waals surface area contributed by atoms with E-state index in [4.69, 9.17) is 11.6 Å². The van der Waals surface area contributed by atoms with E-state index in [1.165, 1.54) is 0 Å². The molecule has 0 fully saturated rings. The molecule has 0 aliphatic carbocycles. The van der Waals surface area contributed by atoms with Crippen molar-refractivity contribution in [1.29, 1.82) is 0 Å². The van der Waals surface area contributed by atoms with Crippen LogP contribution in [0.2, 0.25) is 5.02 Å². The van der Waals surface area contributed by atoms with Crippen LogP contribution >= 0.6 is 11.6 Å². The lowest BCUT2D eigenvalue weighted by atomic mass is 9.96. The maximum atomic E-state index is 11.8. The van der Waals surface area contributed by atoms with Crippen molar-refractivity contribution < 1.29 is 0 Å². The second kappa shape index (κ2) is 6.37. The Hall–Kier alpha value is -2.59. The first-order valence-electron chi connectivity index (χ1n) is 8.26. The monoisotopic (exact) mass is 351 g/mol. The van der Waals surface area contributed by atoms with Gasteiger partial charge in [0.2, 0.25) is 0 Å². The largest absolute Gasteiger partial charge is 0.350 e. The first-order valence-corrected chi connectivity index (χ1v) is 8.64. The van der Waals surface area contributed by atoms with Gasteiger partial charge >= 0.3 is 0 Å². The number of hydrogen-bond acceptors (Lipinski definition) is 3. The molecule has 0 radical (unpaired) electrons. The fourth-order valence-corrected chi connectivity index (χ4v) is 3.54. The van der Waals surface area contributed by atoms with E-state index in [0.717, 1.165) is 40.1 Å². The van der Waals surface area contributed by atoms with Crippen LogP contribution in [-0.4, -0.2) is 29.3 Å². The lowest BCUT2D eigenvalue weighted by molar-refractivity contribution is 0.398. The summed E-state index contributed by atoms with van der Waals surface area (Å²) >= 11 is 6.22.